The van der Waals surface area contributed by atoms with Crippen LogP contribution in [0.2, 0.25) is 0 Å². The zero-order valence-corrected chi connectivity index (χ0v) is 10.3. The SMILES string of the molecule is CCCSCC(C)(NC(C)C)C(=O)O. The van der Waals surface area contributed by atoms with Gasteiger partial charge in [0.25, 0.3) is 0 Å². The van der Waals surface area contributed by atoms with Gasteiger partial charge in [-0.25, -0.2) is 0 Å². The van der Waals surface area contributed by atoms with E-state index in [1.807, 2.05) is 13.8 Å². The second-order valence-electron chi connectivity index (χ2n) is 3.99. The zero-order valence-electron chi connectivity index (χ0n) is 9.46. The number of aliphatic carboxylic acids is 1. The van der Waals surface area contributed by atoms with E-state index in [1.165, 1.54) is 0 Å². The summed E-state index contributed by atoms with van der Waals surface area (Å²) in [5, 5.41) is 12.2. The molecule has 0 aliphatic heterocycles. The summed E-state index contributed by atoms with van der Waals surface area (Å²) in [6, 6.07) is 0.193. The first-order valence-electron chi connectivity index (χ1n) is 5.01. The molecule has 0 amide bonds. The Morgan fingerprint density at radius 1 is 1.57 bits per heavy atom. The molecule has 1 atom stereocenters. The molecule has 1 unspecified atom stereocenters. The number of hydrogen-bond donors (Lipinski definition) is 2. The zero-order chi connectivity index (χ0) is 11.2. The number of rotatable bonds is 7. The number of thioether (sulfide) groups is 1. The van der Waals surface area contributed by atoms with Crippen LogP contribution in [0.15, 0.2) is 0 Å². The van der Waals surface area contributed by atoms with Crippen LogP contribution in [-0.2, 0) is 4.79 Å². The molecule has 3 nitrogen and oxygen atoms in total. The molecular weight excluding hydrogens is 198 g/mol. The van der Waals surface area contributed by atoms with E-state index >= 15 is 0 Å². The Labute approximate surface area is 90.7 Å². The maximum atomic E-state index is 11.1. The van der Waals surface area contributed by atoms with E-state index in [1.54, 1.807) is 18.7 Å². The van der Waals surface area contributed by atoms with Gasteiger partial charge in [0.15, 0.2) is 0 Å². The predicted molar refractivity (Wildman–Crippen MR) is 61.9 cm³/mol. The van der Waals surface area contributed by atoms with Crippen molar-refractivity contribution in [3.8, 4) is 0 Å². The molecule has 0 heterocycles. The van der Waals surface area contributed by atoms with Crippen molar-refractivity contribution in [2.45, 2.75) is 45.7 Å². The topological polar surface area (TPSA) is 49.3 Å². The fraction of sp³-hybridized carbons (Fsp3) is 0.900. The minimum absolute atomic E-state index is 0.193. The Hall–Kier alpha value is -0.220. The van der Waals surface area contributed by atoms with Gasteiger partial charge in [-0.05, 0) is 32.9 Å². The first-order chi connectivity index (χ1) is 6.42. The Kier molecular flexibility index (Phi) is 6.20. The Morgan fingerprint density at radius 2 is 2.14 bits per heavy atom. The van der Waals surface area contributed by atoms with Crippen molar-refractivity contribution in [2.24, 2.45) is 0 Å². The van der Waals surface area contributed by atoms with Crippen molar-refractivity contribution in [3.05, 3.63) is 0 Å². The average Bonchev–Trinajstić information content (AvgIpc) is 2.03. The van der Waals surface area contributed by atoms with Crippen LogP contribution in [0.1, 0.15) is 34.1 Å². The third-order valence-corrected chi connectivity index (χ3v) is 3.30. The first kappa shape index (κ1) is 13.8. The normalized spacial score (nSPS) is 15.5. The molecule has 14 heavy (non-hydrogen) atoms. The van der Waals surface area contributed by atoms with Crippen molar-refractivity contribution in [3.63, 3.8) is 0 Å². The summed E-state index contributed by atoms with van der Waals surface area (Å²) in [6.45, 7) is 7.77. The van der Waals surface area contributed by atoms with Gasteiger partial charge in [0.1, 0.15) is 5.54 Å². The van der Waals surface area contributed by atoms with E-state index in [9.17, 15) is 4.79 Å². The number of nitrogens with one attached hydrogen (secondary N) is 1. The van der Waals surface area contributed by atoms with Crippen LogP contribution >= 0.6 is 11.8 Å². The van der Waals surface area contributed by atoms with Gasteiger partial charge in [-0.2, -0.15) is 11.8 Å². The average molecular weight is 219 g/mol. The van der Waals surface area contributed by atoms with Gasteiger partial charge in [0.2, 0.25) is 0 Å². The molecule has 2 N–H and O–H groups in total. The van der Waals surface area contributed by atoms with E-state index in [0.717, 1.165) is 12.2 Å². The summed E-state index contributed by atoms with van der Waals surface area (Å²) < 4.78 is 0. The summed E-state index contributed by atoms with van der Waals surface area (Å²) >= 11 is 1.69. The van der Waals surface area contributed by atoms with Crippen molar-refractivity contribution >= 4 is 17.7 Å². The van der Waals surface area contributed by atoms with Gasteiger partial charge in [-0.15, -0.1) is 0 Å². The van der Waals surface area contributed by atoms with Crippen molar-refractivity contribution < 1.29 is 9.90 Å². The molecule has 0 aromatic carbocycles. The first-order valence-corrected chi connectivity index (χ1v) is 6.16. The van der Waals surface area contributed by atoms with Crippen LogP contribution in [0, 0.1) is 0 Å². The number of hydrogen-bond acceptors (Lipinski definition) is 3. The molecule has 0 radical (unpaired) electrons. The molecule has 0 spiro atoms. The molecule has 84 valence electrons. The maximum Gasteiger partial charge on any atom is 0.324 e. The summed E-state index contributed by atoms with van der Waals surface area (Å²) in [7, 11) is 0. The third kappa shape index (κ3) is 4.86. The largest absolute Gasteiger partial charge is 0.480 e. The van der Waals surface area contributed by atoms with Gasteiger partial charge < -0.3 is 5.11 Å². The molecule has 0 rings (SSSR count). The smallest absolute Gasteiger partial charge is 0.324 e. The summed E-state index contributed by atoms with van der Waals surface area (Å²) in [6.07, 6.45) is 1.09. The minimum Gasteiger partial charge on any atom is -0.480 e. The highest BCUT2D eigenvalue weighted by molar-refractivity contribution is 7.99. The van der Waals surface area contributed by atoms with Gasteiger partial charge in [-0.3, -0.25) is 10.1 Å². The van der Waals surface area contributed by atoms with E-state index in [-0.39, 0.29) is 6.04 Å². The van der Waals surface area contributed by atoms with Crippen molar-refractivity contribution in [2.75, 3.05) is 11.5 Å². The van der Waals surface area contributed by atoms with E-state index in [0.29, 0.717) is 5.75 Å². The summed E-state index contributed by atoms with van der Waals surface area (Å²) in [4.78, 5) is 11.1. The minimum atomic E-state index is -0.798. The predicted octanol–water partition coefficient (Wildman–Crippen LogP) is 1.97. The van der Waals surface area contributed by atoms with Crippen LogP contribution in [0.25, 0.3) is 0 Å². The van der Waals surface area contributed by atoms with Crippen LogP contribution in [0.3, 0.4) is 0 Å². The lowest BCUT2D eigenvalue weighted by Gasteiger charge is -2.28. The quantitative estimate of drug-likeness (QED) is 0.643. The molecular formula is C10H21NO2S. The van der Waals surface area contributed by atoms with Crippen molar-refractivity contribution in [1.82, 2.24) is 5.32 Å². The summed E-state index contributed by atoms with van der Waals surface area (Å²) in [5.74, 6) is 0.867. The lowest BCUT2D eigenvalue weighted by molar-refractivity contribution is -0.143. The Bertz CT molecular complexity index is 185. The van der Waals surface area contributed by atoms with E-state index < -0.39 is 11.5 Å². The molecule has 0 fully saturated rings. The van der Waals surface area contributed by atoms with E-state index in [2.05, 4.69) is 12.2 Å². The van der Waals surface area contributed by atoms with Crippen molar-refractivity contribution in [1.29, 1.82) is 0 Å². The highest BCUT2D eigenvalue weighted by Crippen LogP contribution is 2.15. The second-order valence-corrected chi connectivity index (χ2v) is 5.09. The van der Waals surface area contributed by atoms with Gasteiger partial charge in [-0.1, -0.05) is 6.92 Å². The van der Waals surface area contributed by atoms with Gasteiger partial charge in [0.05, 0.1) is 0 Å². The monoisotopic (exact) mass is 219 g/mol. The Morgan fingerprint density at radius 3 is 2.50 bits per heavy atom. The Balaban J connectivity index is 4.17. The molecule has 0 aromatic heterocycles. The van der Waals surface area contributed by atoms with Gasteiger partial charge >= 0.3 is 5.97 Å². The molecule has 0 aromatic rings. The highest BCUT2D eigenvalue weighted by Gasteiger charge is 2.32. The fourth-order valence-electron chi connectivity index (χ4n) is 1.22. The number of carbonyl (C=O) groups is 1. The molecule has 0 bridgehead atoms. The van der Waals surface area contributed by atoms with Crippen LogP contribution in [0.4, 0.5) is 0 Å². The molecule has 0 saturated carbocycles. The molecule has 0 aliphatic carbocycles. The van der Waals surface area contributed by atoms with Crippen LogP contribution in [-0.4, -0.2) is 34.2 Å². The third-order valence-electron chi connectivity index (χ3n) is 1.82. The number of carboxylic acid groups (broad SMARTS) is 1. The van der Waals surface area contributed by atoms with E-state index in [4.69, 9.17) is 5.11 Å². The lowest BCUT2D eigenvalue weighted by Crippen LogP contribution is -2.54. The fourth-order valence-corrected chi connectivity index (χ4v) is 2.27. The molecule has 0 aliphatic rings. The number of carboxylic acids is 1. The second kappa shape index (κ2) is 6.30. The molecule has 0 saturated heterocycles. The summed E-state index contributed by atoms with van der Waals surface area (Å²) in [5.41, 5.74) is -0.798. The molecule has 4 heteroatoms. The lowest BCUT2D eigenvalue weighted by atomic mass is 10.1. The van der Waals surface area contributed by atoms with Gasteiger partial charge in [0, 0.05) is 11.8 Å². The van der Waals surface area contributed by atoms with Crippen LogP contribution < -0.4 is 5.32 Å². The van der Waals surface area contributed by atoms with Crippen LogP contribution in [0.5, 0.6) is 0 Å². The standard InChI is InChI=1S/C10H21NO2S/c1-5-6-14-7-10(4,9(12)13)11-8(2)3/h8,11H,5-7H2,1-4H3,(H,12,13). The highest BCUT2D eigenvalue weighted by atomic mass is 32.2. The maximum absolute atomic E-state index is 11.1.